The van der Waals surface area contributed by atoms with Crippen molar-refractivity contribution in [1.29, 1.82) is 0 Å². The fourth-order valence-electron chi connectivity index (χ4n) is 2.29. The van der Waals surface area contributed by atoms with E-state index in [1.54, 1.807) is 32.0 Å². The smallest absolute Gasteiger partial charge is 0.431 e. The van der Waals surface area contributed by atoms with Gasteiger partial charge in [-0.2, -0.15) is 0 Å². The molecule has 172 valence electrons. The molecule has 31 heavy (non-hydrogen) atoms. The van der Waals surface area contributed by atoms with Crippen molar-refractivity contribution in [2.45, 2.75) is 46.0 Å². The average molecular weight is 460 g/mol. The summed E-state index contributed by atoms with van der Waals surface area (Å²) < 4.78 is 30.3. The summed E-state index contributed by atoms with van der Waals surface area (Å²) in [5, 5.41) is 0. The third-order valence-corrected chi connectivity index (χ3v) is 4.50. The zero-order chi connectivity index (χ0) is 23.6. The Morgan fingerprint density at radius 1 is 0.968 bits per heavy atom. The Hall–Kier alpha value is -2.75. The van der Waals surface area contributed by atoms with Crippen molar-refractivity contribution in [2.75, 3.05) is 6.16 Å². The molecule has 11 nitrogen and oxygen atoms in total. The molecule has 1 rings (SSSR count). The minimum atomic E-state index is -4.65. The fourth-order valence-corrected chi connectivity index (χ4v) is 3.20. The van der Waals surface area contributed by atoms with Gasteiger partial charge in [0, 0.05) is 13.3 Å². The summed E-state index contributed by atoms with van der Waals surface area (Å²) in [4.78, 5) is 65.9. The first-order chi connectivity index (χ1) is 14.4. The van der Waals surface area contributed by atoms with Gasteiger partial charge in [0.05, 0.1) is 23.7 Å². The van der Waals surface area contributed by atoms with Crippen molar-refractivity contribution in [2.24, 2.45) is 5.92 Å². The molecule has 12 heteroatoms. The van der Waals surface area contributed by atoms with Crippen LogP contribution in [0.25, 0.3) is 0 Å². The Bertz CT molecular complexity index is 815. The van der Waals surface area contributed by atoms with E-state index in [0.717, 1.165) is 0 Å². The van der Waals surface area contributed by atoms with Crippen LogP contribution < -0.4 is 0 Å². The lowest BCUT2D eigenvalue weighted by Gasteiger charge is -2.20. The van der Waals surface area contributed by atoms with E-state index in [-0.39, 0.29) is 12.0 Å². The van der Waals surface area contributed by atoms with Crippen LogP contribution in [0.1, 0.15) is 44.0 Å². The maximum Gasteiger partial charge on any atom is 0.511 e. The second-order valence-electron chi connectivity index (χ2n) is 6.75. The van der Waals surface area contributed by atoms with Gasteiger partial charge in [-0.05, 0) is 32.4 Å². The molecular formula is C19H25O11P. The first kappa shape index (κ1) is 26.3. The molecule has 2 N–H and O–H groups in total. The number of rotatable bonds is 10. The number of esters is 3. The SMILES string of the molecule is CC(C)OC(=O)OC(C)OC(=O)C(CCC(=O)OC(=O)c1ccccc1)CP(=O)(O)O. The van der Waals surface area contributed by atoms with E-state index in [9.17, 15) is 33.5 Å². The van der Waals surface area contributed by atoms with Crippen LogP contribution in [0, 0.1) is 5.92 Å². The van der Waals surface area contributed by atoms with Crippen LogP contribution in [0.2, 0.25) is 0 Å². The summed E-state index contributed by atoms with van der Waals surface area (Å²) in [5.41, 5.74) is 0.140. The topological polar surface area (TPSA) is 163 Å². The number of carbonyl (C=O) groups excluding carboxylic acids is 4. The lowest BCUT2D eigenvalue weighted by Crippen LogP contribution is -2.29. The summed E-state index contributed by atoms with van der Waals surface area (Å²) >= 11 is 0. The maximum absolute atomic E-state index is 12.3. The van der Waals surface area contributed by atoms with E-state index in [0.29, 0.717) is 0 Å². The zero-order valence-corrected chi connectivity index (χ0v) is 18.2. The summed E-state index contributed by atoms with van der Waals surface area (Å²) in [5.74, 6) is -4.39. The summed E-state index contributed by atoms with van der Waals surface area (Å²) in [6.07, 6.45) is -4.72. The molecule has 0 bridgehead atoms. The van der Waals surface area contributed by atoms with Gasteiger partial charge in [-0.15, -0.1) is 0 Å². The highest BCUT2D eigenvalue weighted by molar-refractivity contribution is 7.51. The molecule has 0 heterocycles. The van der Waals surface area contributed by atoms with Gasteiger partial charge in [-0.25, -0.2) is 9.59 Å². The van der Waals surface area contributed by atoms with E-state index in [1.807, 2.05) is 0 Å². The van der Waals surface area contributed by atoms with Crippen LogP contribution in [0.3, 0.4) is 0 Å². The van der Waals surface area contributed by atoms with Crippen LogP contribution in [0.4, 0.5) is 4.79 Å². The predicted molar refractivity (Wildman–Crippen MR) is 105 cm³/mol. The molecule has 0 aliphatic carbocycles. The normalized spacial score (nSPS) is 13.1. The number of benzene rings is 1. The van der Waals surface area contributed by atoms with E-state index in [1.165, 1.54) is 19.1 Å². The molecule has 2 unspecified atom stereocenters. The molecular weight excluding hydrogens is 435 g/mol. The Kier molecular flexibility index (Phi) is 10.3. The van der Waals surface area contributed by atoms with Crippen LogP contribution >= 0.6 is 7.60 Å². The van der Waals surface area contributed by atoms with E-state index >= 15 is 0 Å². The largest absolute Gasteiger partial charge is 0.511 e. The van der Waals surface area contributed by atoms with Gasteiger partial charge in [0.15, 0.2) is 0 Å². The lowest BCUT2D eigenvalue weighted by atomic mass is 10.1. The van der Waals surface area contributed by atoms with Gasteiger partial charge in [0.25, 0.3) is 0 Å². The maximum atomic E-state index is 12.3. The zero-order valence-electron chi connectivity index (χ0n) is 17.3. The third kappa shape index (κ3) is 11.3. The Morgan fingerprint density at radius 2 is 1.58 bits per heavy atom. The van der Waals surface area contributed by atoms with Crippen LogP contribution in [0.15, 0.2) is 30.3 Å². The van der Waals surface area contributed by atoms with Crippen molar-refractivity contribution in [3.8, 4) is 0 Å². The van der Waals surface area contributed by atoms with E-state index in [4.69, 9.17) is 14.2 Å². The highest BCUT2D eigenvalue weighted by Crippen LogP contribution is 2.38. The first-order valence-corrected chi connectivity index (χ1v) is 11.1. The average Bonchev–Trinajstić information content (AvgIpc) is 2.63. The second kappa shape index (κ2) is 12.2. The molecule has 0 aliphatic rings. The van der Waals surface area contributed by atoms with Gasteiger partial charge >= 0.3 is 31.7 Å². The number of hydrogen-bond acceptors (Lipinski definition) is 9. The molecule has 0 aromatic heterocycles. The fraction of sp³-hybridized carbons (Fsp3) is 0.474. The van der Waals surface area contributed by atoms with Gasteiger partial charge in [0.1, 0.15) is 0 Å². The molecule has 0 radical (unpaired) electrons. The Labute approximate surface area is 178 Å². The highest BCUT2D eigenvalue weighted by atomic mass is 31.2. The summed E-state index contributed by atoms with van der Waals surface area (Å²) in [6, 6.07) is 7.70. The molecule has 1 aromatic rings. The Balaban J connectivity index is 2.66. The molecule has 0 fully saturated rings. The van der Waals surface area contributed by atoms with Gasteiger partial charge < -0.3 is 28.7 Å². The minimum Gasteiger partial charge on any atom is -0.431 e. The van der Waals surface area contributed by atoms with E-state index in [2.05, 4.69) is 4.74 Å². The molecule has 0 spiro atoms. The van der Waals surface area contributed by atoms with Crippen LogP contribution in [0.5, 0.6) is 0 Å². The molecule has 0 saturated carbocycles. The third-order valence-electron chi connectivity index (χ3n) is 3.58. The Morgan fingerprint density at radius 3 is 2.13 bits per heavy atom. The van der Waals surface area contributed by atoms with Crippen molar-refractivity contribution in [3.63, 3.8) is 0 Å². The monoisotopic (exact) mass is 460 g/mol. The first-order valence-electron chi connectivity index (χ1n) is 9.29. The lowest BCUT2D eigenvalue weighted by molar-refractivity contribution is -0.173. The highest BCUT2D eigenvalue weighted by Gasteiger charge is 2.31. The molecule has 0 amide bonds. The summed E-state index contributed by atoms with van der Waals surface area (Å²) in [7, 11) is -4.65. The van der Waals surface area contributed by atoms with Crippen molar-refractivity contribution < 1.29 is 52.5 Å². The van der Waals surface area contributed by atoms with Crippen molar-refractivity contribution >= 4 is 31.7 Å². The van der Waals surface area contributed by atoms with Crippen LogP contribution in [-0.4, -0.2) is 52.4 Å². The van der Waals surface area contributed by atoms with E-state index < -0.39 is 62.6 Å². The quantitative estimate of drug-likeness (QED) is 0.173. The summed E-state index contributed by atoms with van der Waals surface area (Å²) in [6.45, 7) is 4.37. The number of ether oxygens (including phenoxy) is 4. The number of hydrogen-bond donors (Lipinski definition) is 2. The van der Waals surface area contributed by atoms with Gasteiger partial charge in [-0.1, -0.05) is 18.2 Å². The standard InChI is InChI=1S/C19H25O11P/c1-12(2)27-19(23)29-13(3)28-18(22)15(11-31(24,25)26)9-10-16(20)30-17(21)14-7-5-4-6-8-14/h4-8,12-13,15H,9-11H2,1-3H3,(H2,24,25,26). The molecule has 1 aromatic carbocycles. The predicted octanol–water partition coefficient (Wildman–Crippen LogP) is 2.39. The van der Waals surface area contributed by atoms with Gasteiger partial charge in [-0.3, -0.25) is 14.2 Å². The van der Waals surface area contributed by atoms with Gasteiger partial charge in [0.2, 0.25) is 6.29 Å². The molecule has 0 saturated heterocycles. The van der Waals surface area contributed by atoms with Crippen molar-refractivity contribution in [1.82, 2.24) is 0 Å². The second-order valence-corrected chi connectivity index (χ2v) is 8.44. The molecule has 2 atom stereocenters. The van der Waals surface area contributed by atoms with Crippen LogP contribution in [-0.2, 0) is 33.1 Å². The minimum absolute atomic E-state index is 0.140. The molecule has 0 aliphatic heterocycles. The number of carbonyl (C=O) groups is 4. The van der Waals surface area contributed by atoms with Crippen molar-refractivity contribution in [3.05, 3.63) is 35.9 Å².